The maximum Gasteiger partial charge on any atom is 0.262 e. The number of thioether (sulfide) groups is 1. The molecule has 2 aromatic rings. The first-order chi connectivity index (χ1) is 24.2. The molecule has 3 aliphatic heterocycles. The molecule has 4 amide bonds. The number of piperidine rings is 1. The molecule has 2 saturated heterocycles. The molecule has 3 aliphatic carbocycles. The molecule has 13 heteroatoms. The van der Waals surface area contributed by atoms with Crippen LogP contribution in [0.5, 0.6) is 0 Å². The first kappa shape index (κ1) is 34.6. The van der Waals surface area contributed by atoms with Crippen LogP contribution in [0.15, 0.2) is 54.6 Å². The molecule has 2 bridgehead atoms. The third-order valence-corrected chi connectivity index (χ3v) is 16.4. The lowest BCUT2D eigenvalue weighted by molar-refractivity contribution is -0.139. The number of carbonyl (C=O) groups is 4. The minimum Gasteiger partial charge on any atom is -0.387 e. The highest BCUT2D eigenvalue weighted by molar-refractivity contribution is 7.99. The summed E-state index contributed by atoms with van der Waals surface area (Å²) in [5.74, 6) is -1.67. The lowest BCUT2D eigenvalue weighted by Crippen LogP contribution is -2.61. The number of nitrogens with one attached hydrogen (secondary N) is 1. The zero-order valence-electron chi connectivity index (χ0n) is 29.0. The lowest BCUT2D eigenvalue weighted by atomic mass is 9.64. The zero-order valence-corrected chi connectivity index (χ0v) is 30.6. The van der Waals surface area contributed by atoms with E-state index < -0.39 is 56.1 Å². The van der Waals surface area contributed by atoms with Gasteiger partial charge in [0.15, 0.2) is 0 Å². The monoisotopic (exact) mass is 732 g/mol. The molecule has 0 aromatic heterocycles. The number of hydrogen-bond acceptors (Lipinski definition) is 8. The summed E-state index contributed by atoms with van der Waals surface area (Å²) in [5.41, 5.74) is -0.114. The van der Waals surface area contributed by atoms with Crippen molar-refractivity contribution < 1.29 is 32.7 Å². The molecule has 2 aromatic carbocycles. The Morgan fingerprint density at radius 3 is 2.33 bits per heavy atom. The van der Waals surface area contributed by atoms with Crippen molar-refractivity contribution in [3.05, 3.63) is 76.9 Å². The molecular weight excluding hydrogens is 689 g/mol. The number of nitrogens with zero attached hydrogens (tertiary/aromatic N) is 3. The van der Waals surface area contributed by atoms with E-state index in [-0.39, 0.29) is 52.9 Å². The van der Waals surface area contributed by atoms with E-state index in [9.17, 15) is 32.7 Å². The van der Waals surface area contributed by atoms with Gasteiger partial charge in [-0.25, -0.2) is 12.7 Å². The third-order valence-electron chi connectivity index (χ3n) is 13.3. The van der Waals surface area contributed by atoms with Crippen LogP contribution >= 0.6 is 11.8 Å². The van der Waals surface area contributed by atoms with Gasteiger partial charge < -0.3 is 15.3 Å². The Hall–Kier alpha value is -3.52. The van der Waals surface area contributed by atoms with E-state index in [0.29, 0.717) is 38.8 Å². The molecule has 3 heterocycles. The number of carbonyl (C=O) groups excluding carboxylic acids is 4. The van der Waals surface area contributed by atoms with E-state index in [2.05, 4.69) is 43.4 Å². The van der Waals surface area contributed by atoms with Gasteiger partial charge in [-0.05, 0) is 66.7 Å². The summed E-state index contributed by atoms with van der Waals surface area (Å²) in [6, 6.07) is 13.7. The predicted molar refractivity (Wildman–Crippen MR) is 193 cm³/mol. The van der Waals surface area contributed by atoms with Crippen LogP contribution in [0.2, 0.25) is 0 Å². The topological polar surface area (TPSA) is 144 Å². The molecule has 8 rings (SSSR count). The molecule has 1 spiro atoms. The summed E-state index contributed by atoms with van der Waals surface area (Å²) in [6.07, 6.45) is 7.47. The fraction of sp³-hybridized carbons (Fsp3) is 0.526. The molecule has 4 fully saturated rings. The predicted octanol–water partition coefficient (Wildman–Crippen LogP) is 3.25. The minimum absolute atomic E-state index is 0.0971. The van der Waals surface area contributed by atoms with Crippen LogP contribution in [0.4, 0.5) is 0 Å². The van der Waals surface area contributed by atoms with Crippen LogP contribution in [0, 0.1) is 16.7 Å². The number of allylic oxidation sites excluding steroid dienone is 1. The number of hydrogen-bond donors (Lipinski definition) is 2. The number of amides is 4. The van der Waals surface area contributed by atoms with Gasteiger partial charge in [-0.1, -0.05) is 62.4 Å². The second-order valence-corrected chi connectivity index (χ2v) is 18.8. The van der Waals surface area contributed by atoms with E-state index >= 15 is 0 Å². The highest BCUT2D eigenvalue weighted by atomic mass is 32.2. The molecule has 6 aliphatic rings. The summed E-state index contributed by atoms with van der Waals surface area (Å²) in [4.78, 5) is 55.5. The fourth-order valence-electron chi connectivity index (χ4n) is 10.3. The second kappa shape index (κ2) is 12.0. The van der Waals surface area contributed by atoms with Crippen molar-refractivity contribution in [3.63, 3.8) is 0 Å². The van der Waals surface area contributed by atoms with Gasteiger partial charge in [-0.2, -0.15) is 0 Å². The molecule has 11 nitrogen and oxygen atoms in total. The molecule has 270 valence electrons. The summed E-state index contributed by atoms with van der Waals surface area (Å²) in [7, 11) is -3.77. The van der Waals surface area contributed by atoms with Gasteiger partial charge in [0, 0.05) is 36.2 Å². The molecule has 0 radical (unpaired) electrons. The maximum absolute atomic E-state index is 14.3. The van der Waals surface area contributed by atoms with Gasteiger partial charge in [-0.3, -0.25) is 24.1 Å². The SMILES string of the molecule is CC1(C)C2CCC1(CS(=O)(=O)N1CCC3(C=Cc4ccccc43)CC1)C(O)(CNC(=O)CN1CSCC(N3C(=O)c4ccccc4C3=O)C1=O)C2. The van der Waals surface area contributed by atoms with E-state index in [4.69, 9.17) is 0 Å². The van der Waals surface area contributed by atoms with E-state index in [1.165, 1.54) is 27.8 Å². The average Bonchev–Trinajstić information content (AvgIpc) is 3.72. The normalized spacial score (nSPS) is 30.7. The summed E-state index contributed by atoms with van der Waals surface area (Å²) in [6.45, 7) is 4.46. The van der Waals surface area contributed by atoms with Crippen molar-refractivity contribution in [2.45, 2.75) is 63.0 Å². The summed E-state index contributed by atoms with van der Waals surface area (Å²) >= 11 is 1.36. The number of fused-ring (bicyclic) bond motifs is 5. The Labute approximate surface area is 302 Å². The number of imide groups is 1. The summed E-state index contributed by atoms with van der Waals surface area (Å²) < 4.78 is 30.1. The van der Waals surface area contributed by atoms with Crippen LogP contribution in [0.1, 0.15) is 77.8 Å². The van der Waals surface area contributed by atoms with Crippen LogP contribution in [0.25, 0.3) is 6.08 Å². The number of sulfonamides is 1. The van der Waals surface area contributed by atoms with Gasteiger partial charge in [0.05, 0.1) is 28.4 Å². The molecule has 51 heavy (non-hydrogen) atoms. The van der Waals surface area contributed by atoms with E-state index in [1.807, 2.05) is 12.1 Å². The summed E-state index contributed by atoms with van der Waals surface area (Å²) in [5, 5.41) is 15.2. The highest BCUT2D eigenvalue weighted by Gasteiger charge is 2.72. The van der Waals surface area contributed by atoms with E-state index in [1.54, 1.807) is 28.6 Å². The van der Waals surface area contributed by atoms with Crippen LogP contribution in [-0.4, -0.2) is 106 Å². The van der Waals surface area contributed by atoms with Crippen LogP contribution in [-0.2, 0) is 25.0 Å². The molecular formula is C38H44N4O7S2. The average molecular weight is 733 g/mol. The van der Waals surface area contributed by atoms with Gasteiger partial charge in [-0.15, -0.1) is 11.8 Å². The Morgan fingerprint density at radius 2 is 1.65 bits per heavy atom. The first-order valence-electron chi connectivity index (χ1n) is 17.8. The standard InChI is InChI=1S/C38H44N4O7S2/c1-35(2)26-12-14-37(35,23-51(48,49)41-17-15-36(16-18-41)13-11-25-7-3-6-10-29(25)36)38(47,19-26)22-39-31(43)20-40-24-50-21-30(34(40)46)42-32(44)27-8-4-5-9-28(27)33(42)45/h3-11,13,26,30,47H,12,14-24H2,1-2H3,(H,39,43). The fourth-order valence-corrected chi connectivity index (χ4v) is 13.6. The number of aliphatic hydroxyl groups is 1. The number of rotatable bonds is 8. The van der Waals surface area contributed by atoms with Crippen LogP contribution < -0.4 is 5.32 Å². The van der Waals surface area contributed by atoms with Crippen molar-refractivity contribution in [2.24, 2.45) is 16.7 Å². The largest absolute Gasteiger partial charge is 0.387 e. The Kier molecular flexibility index (Phi) is 8.14. The second-order valence-electron chi connectivity index (χ2n) is 15.9. The number of benzene rings is 2. The van der Waals surface area contributed by atoms with Crippen molar-refractivity contribution in [2.75, 3.05) is 43.6 Å². The Balaban J connectivity index is 0.934. The van der Waals surface area contributed by atoms with Gasteiger partial charge in [0.2, 0.25) is 21.8 Å². The quantitative estimate of drug-likeness (QED) is 0.394. The Morgan fingerprint density at radius 1 is 0.980 bits per heavy atom. The van der Waals surface area contributed by atoms with Gasteiger partial charge in [0.25, 0.3) is 11.8 Å². The van der Waals surface area contributed by atoms with Crippen molar-refractivity contribution >= 4 is 51.5 Å². The molecule has 2 N–H and O–H groups in total. The minimum atomic E-state index is -3.77. The molecule has 2 saturated carbocycles. The Bertz CT molecular complexity index is 1940. The van der Waals surface area contributed by atoms with Crippen molar-refractivity contribution in [1.29, 1.82) is 0 Å². The maximum atomic E-state index is 14.3. The van der Waals surface area contributed by atoms with E-state index in [0.717, 1.165) is 11.3 Å². The van der Waals surface area contributed by atoms with Gasteiger partial charge in [0.1, 0.15) is 12.6 Å². The third kappa shape index (κ3) is 5.16. The molecule has 4 atom stereocenters. The lowest BCUT2D eigenvalue weighted by Gasteiger charge is -2.49. The van der Waals surface area contributed by atoms with Crippen LogP contribution in [0.3, 0.4) is 0 Å². The van der Waals surface area contributed by atoms with Gasteiger partial charge >= 0.3 is 0 Å². The smallest absolute Gasteiger partial charge is 0.262 e. The first-order valence-corrected chi connectivity index (χ1v) is 20.6. The zero-order chi connectivity index (χ0) is 36.0. The van der Waals surface area contributed by atoms with Crippen molar-refractivity contribution in [3.8, 4) is 0 Å². The highest BCUT2D eigenvalue weighted by Crippen LogP contribution is 2.70. The molecule has 4 unspecified atom stereocenters. The van der Waals surface area contributed by atoms with Crippen molar-refractivity contribution in [1.82, 2.24) is 19.4 Å².